The molecule has 0 aliphatic carbocycles. The van der Waals surface area contributed by atoms with E-state index in [0.29, 0.717) is 13.0 Å². The van der Waals surface area contributed by atoms with E-state index in [4.69, 9.17) is 9.47 Å². The fourth-order valence-corrected chi connectivity index (χ4v) is 2.93. The summed E-state index contributed by atoms with van der Waals surface area (Å²) in [5, 5.41) is 5.56. The molecule has 1 aliphatic rings. The largest absolute Gasteiger partial charge is 0.445 e. The molecule has 0 aromatic heterocycles. The van der Waals surface area contributed by atoms with Gasteiger partial charge in [0.05, 0.1) is 12.1 Å². The second-order valence-corrected chi connectivity index (χ2v) is 7.82. The highest BCUT2D eigenvalue weighted by molar-refractivity contribution is 5.74. The fraction of sp³-hybridized carbons (Fsp3) is 0.550. The Balaban J connectivity index is 1.95. The number of nitrogens with zero attached hydrogens (tertiary/aromatic N) is 1. The van der Waals surface area contributed by atoms with E-state index < -0.39 is 23.8 Å². The molecule has 1 aromatic carbocycles. The van der Waals surface area contributed by atoms with Crippen molar-refractivity contribution in [1.82, 2.24) is 15.5 Å². The summed E-state index contributed by atoms with van der Waals surface area (Å²) in [6, 6.07) is 8.52. The van der Waals surface area contributed by atoms with E-state index in [1.165, 1.54) is 6.92 Å². The Morgan fingerprint density at radius 1 is 1.07 bits per heavy atom. The van der Waals surface area contributed by atoms with Crippen molar-refractivity contribution in [3.63, 3.8) is 0 Å². The molecule has 0 unspecified atom stereocenters. The fourth-order valence-electron chi connectivity index (χ4n) is 2.93. The minimum atomic E-state index is -0.642. The summed E-state index contributed by atoms with van der Waals surface area (Å²) in [5.74, 6) is -0.0823. The van der Waals surface area contributed by atoms with Gasteiger partial charge < -0.3 is 25.0 Å². The second kappa shape index (κ2) is 9.43. The first-order chi connectivity index (χ1) is 13.1. The predicted molar refractivity (Wildman–Crippen MR) is 104 cm³/mol. The molecule has 0 radical (unpaired) electrons. The molecule has 0 spiro atoms. The molecule has 3 amide bonds. The minimum absolute atomic E-state index is 0.0823. The Morgan fingerprint density at radius 2 is 1.71 bits per heavy atom. The van der Waals surface area contributed by atoms with Gasteiger partial charge in [-0.15, -0.1) is 0 Å². The average molecular weight is 391 g/mol. The van der Waals surface area contributed by atoms with Gasteiger partial charge in [-0.1, -0.05) is 30.3 Å². The number of benzene rings is 1. The van der Waals surface area contributed by atoms with Gasteiger partial charge in [-0.2, -0.15) is 0 Å². The SMILES string of the molecule is CC(=O)N1CC[C@@H](NC(=O)OCc2ccccc2)[C@H](NC(=O)OC(C)(C)C)C1. The van der Waals surface area contributed by atoms with Crippen LogP contribution >= 0.6 is 0 Å². The Bertz CT molecular complexity index is 687. The third kappa shape index (κ3) is 7.09. The Morgan fingerprint density at radius 3 is 2.32 bits per heavy atom. The van der Waals surface area contributed by atoms with E-state index in [9.17, 15) is 14.4 Å². The zero-order valence-electron chi connectivity index (χ0n) is 16.9. The third-order valence-corrected chi connectivity index (χ3v) is 4.28. The lowest BCUT2D eigenvalue weighted by atomic mass is 9.99. The van der Waals surface area contributed by atoms with Gasteiger partial charge in [0.1, 0.15) is 12.2 Å². The molecule has 1 heterocycles. The van der Waals surface area contributed by atoms with Crippen LogP contribution in [-0.2, 0) is 20.9 Å². The summed E-state index contributed by atoms with van der Waals surface area (Å²) in [6.07, 6.45) is -0.658. The molecule has 28 heavy (non-hydrogen) atoms. The standard InChI is InChI=1S/C20H29N3O5/c1-14(24)23-11-10-16(17(12-23)22-19(26)28-20(2,3)4)21-18(25)27-13-15-8-6-5-7-9-15/h5-9,16-17H,10-13H2,1-4H3,(H,21,25)(H,22,26)/t16-,17-/m1/s1. The minimum Gasteiger partial charge on any atom is -0.445 e. The van der Waals surface area contributed by atoms with Crippen LogP contribution in [0.25, 0.3) is 0 Å². The predicted octanol–water partition coefficient (Wildman–Crippen LogP) is 2.43. The number of hydrogen-bond acceptors (Lipinski definition) is 5. The Hall–Kier alpha value is -2.77. The van der Waals surface area contributed by atoms with Crippen LogP contribution in [0.15, 0.2) is 30.3 Å². The molecule has 8 nitrogen and oxygen atoms in total. The van der Waals surface area contributed by atoms with Gasteiger partial charge in [-0.05, 0) is 32.8 Å². The van der Waals surface area contributed by atoms with Crippen molar-refractivity contribution in [2.24, 2.45) is 0 Å². The highest BCUT2D eigenvalue weighted by Crippen LogP contribution is 2.14. The number of ether oxygens (including phenoxy) is 2. The van der Waals surface area contributed by atoms with Gasteiger partial charge in [-0.3, -0.25) is 4.79 Å². The lowest BCUT2D eigenvalue weighted by Gasteiger charge is -2.38. The van der Waals surface area contributed by atoms with Crippen LogP contribution in [0, 0.1) is 0 Å². The second-order valence-electron chi connectivity index (χ2n) is 7.82. The summed E-state index contributed by atoms with van der Waals surface area (Å²) in [7, 11) is 0. The van der Waals surface area contributed by atoms with Crippen LogP contribution < -0.4 is 10.6 Å². The van der Waals surface area contributed by atoms with Crippen LogP contribution in [0.5, 0.6) is 0 Å². The molecule has 0 saturated carbocycles. The molecule has 1 fully saturated rings. The number of carbonyl (C=O) groups excluding carboxylic acids is 3. The molecule has 1 saturated heterocycles. The van der Waals surface area contributed by atoms with Gasteiger partial charge in [0.25, 0.3) is 0 Å². The van der Waals surface area contributed by atoms with Crippen molar-refractivity contribution in [3.8, 4) is 0 Å². The number of alkyl carbamates (subject to hydrolysis) is 2. The van der Waals surface area contributed by atoms with E-state index in [1.54, 1.807) is 25.7 Å². The van der Waals surface area contributed by atoms with E-state index in [1.807, 2.05) is 30.3 Å². The van der Waals surface area contributed by atoms with E-state index in [2.05, 4.69) is 10.6 Å². The first-order valence-corrected chi connectivity index (χ1v) is 9.36. The van der Waals surface area contributed by atoms with Crippen molar-refractivity contribution in [2.45, 2.75) is 58.4 Å². The molecule has 8 heteroatoms. The lowest BCUT2D eigenvalue weighted by Crippen LogP contribution is -2.61. The van der Waals surface area contributed by atoms with Gasteiger partial charge in [0.2, 0.25) is 5.91 Å². The van der Waals surface area contributed by atoms with Crippen molar-refractivity contribution < 1.29 is 23.9 Å². The maximum absolute atomic E-state index is 12.2. The van der Waals surface area contributed by atoms with Gasteiger partial charge in [-0.25, -0.2) is 9.59 Å². The van der Waals surface area contributed by atoms with Crippen LogP contribution in [0.4, 0.5) is 9.59 Å². The quantitative estimate of drug-likeness (QED) is 0.822. The average Bonchev–Trinajstić information content (AvgIpc) is 2.60. The summed E-state index contributed by atoms with van der Waals surface area (Å²) in [5.41, 5.74) is 0.240. The highest BCUT2D eigenvalue weighted by atomic mass is 16.6. The number of hydrogen-bond donors (Lipinski definition) is 2. The summed E-state index contributed by atoms with van der Waals surface area (Å²) in [6.45, 7) is 7.73. The van der Waals surface area contributed by atoms with Crippen molar-refractivity contribution in [1.29, 1.82) is 0 Å². The monoisotopic (exact) mass is 391 g/mol. The summed E-state index contributed by atoms with van der Waals surface area (Å²) < 4.78 is 10.6. The van der Waals surface area contributed by atoms with Crippen LogP contribution in [-0.4, -0.2) is 53.8 Å². The topological polar surface area (TPSA) is 97.0 Å². The van der Waals surface area contributed by atoms with E-state index in [-0.39, 0.29) is 25.1 Å². The van der Waals surface area contributed by atoms with E-state index in [0.717, 1.165) is 5.56 Å². The number of nitrogens with one attached hydrogen (secondary N) is 2. The van der Waals surface area contributed by atoms with Crippen molar-refractivity contribution >= 4 is 18.1 Å². The molecule has 1 aromatic rings. The van der Waals surface area contributed by atoms with Crippen LogP contribution in [0.1, 0.15) is 39.7 Å². The number of piperidine rings is 1. The highest BCUT2D eigenvalue weighted by Gasteiger charge is 2.34. The first-order valence-electron chi connectivity index (χ1n) is 9.36. The van der Waals surface area contributed by atoms with E-state index >= 15 is 0 Å². The molecule has 154 valence electrons. The first kappa shape index (κ1) is 21.5. The number of amides is 3. The normalized spacial score (nSPS) is 19.5. The molecule has 1 aliphatic heterocycles. The molecule has 2 atom stereocenters. The molecule has 2 rings (SSSR count). The summed E-state index contributed by atoms with van der Waals surface area (Å²) in [4.78, 5) is 37.7. The van der Waals surface area contributed by atoms with Gasteiger partial charge in [0, 0.05) is 20.0 Å². The van der Waals surface area contributed by atoms with Gasteiger partial charge in [0.15, 0.2) is 0 Å². The lowest BCUT2D eigenvalue weighted by molar-refractivity contribution is -0.130. The zero-order valence-corrected chi connectivity index (χ0v) is 16.9. The zero-order chi connectivity index (χ0) is 20.7. The third-order valence-electron chi connectivity index (χ3n) is 4.28. The number of likely N-dealkylation sites (tertiary alicyclic amines) is 1. The Kier molecular flexibility index (Phi) is 7.25. The van der Waals surface area contributed by atoms with Crippen LogP contribution in [0.3, 0.4) is 0 Å². The molecular formula is C20H29N3O5. The molecule has 2 N–H and O–H groups in total. The maximum atomic E-state index is 12.2. The van der Waals surface area contributed by atoms with Crippen molar-refractivity contribution in [2.75, 3.05) is 13.1 Å². The molecule has 0 bridgehead atoms. The smallest absolute Gasteiger partial charge is 0.408 e. The number of rotatable bonds is 4. The Labute approximate surface area is 165 Å². The maximum Gasteiger partial charge on any atom is 0.408 e. The van der Waals surface area contributed by atoms with Gasteiger partial charge >= 0.3 is 12.2 Å². The number of carbonyl (C=O) groups is 3. The van der Waals surface area contributed by atoms with Crippen molar-refractivity contribution in [3.05, 3.63) is 35.9 Å². The summed E-state index contributed by atoms with van der Waals surface area (Å²) >= 11 is 0. The molecular weight excluding hydrogens is 362 g/mol. The van der Waals surface area contributed by atoms with Crippen LogP contribution in [0.2, 0.25) is 0 Å².